The average molecular weight is 531 g/mol. The third kappa shape index (κ3) is 6.04. The van der Waals surface area contributed by atoms with Gasteiger partial charge in [0.1, 0.15) is 18.2 Å². The molecule has 1 aliphatic heterocycles. The number of imidazole rings is 1. The van der Waals surface area contributed by atoms with Crippen LogP contribution < -0.4 is 5.32 Å². The number of benzene rings is 3. The molecule has 1 atom stereocenters. The van der Waals surface area contributed by atoms with E-state index in [9.17, 15) is 18.4 Å². The molecule has 2 heterocycles. The lowest BCUT2D eigenvalue weighted by atomic mass is 10.1. The lowest BCUT2D eigenvalue weighted by Gasteiger charge is -2.25. The van der Waals surface area contributed by atoms with E-state index < -0.39 is 23.4 Å². The number of nitrogens with one attached hydrogen (secondary N) is 1. The molecule has 1 aromatic heterocycles. The summed E-state index contributed by atoms with van der Waals surface area (Å²) in [6.07, 6.45) is 3.07. The SMILES string of the molecule is Cc1ccc(-n2cc(-c3ccccc3)nc2NC(=O)CN(CC2CCCO2)C(=O)c2ccccc2F)cc1F. The molecule has 0 saturated carbocycles. The fourth-order valence-corrected chi connectivity index (χ4v) is 4.54. The van der Waals surface area contributed by atoms with Crippen LogP contribution in [0.1, 0.15) is 28.8 Å². The van der Waals surface area contributed by atoms with Crippen molar-refractivity contribution in [2.24, 2.45) is 0 Å². The number of hydrogen-bond acceptors (Lipinski definition) is 4. The number of amides is 2. The van der Waals surface area contributed by atoms with E-state index in [0.29, 0.717) is 23.6 Å². The third-order valence-electron chi connectivity index (χ3n) is 6.63. The van der Waals surface area contributed by atoms with E-state index >= 15 is 0 Å². The zero-order valence-corrected chi connectivity index (χ0v) is 21.4. The Hall–Kier alpha value is -4.37. The predicted molar refractivity (Wildman–Crippen MR) is 144 cm³/mol. The van der Waals surface area contributed by atoms with Gasteiger partial charge < -0.3 is 9.64 Å². The van der Waals surface area contributed by atoms with Crippen molar-refractivity contribution in [3.05, 3.63) is 102 Å². The summed E-state index contributed by atoms with van der Waals surface area (Å²) in [7, 11) is 0. The van der Waals surface area contributed by atoms with Gasteiger partial charge in [0, 0.05) is 24.9 Å². The maximum absolute atomic E-state index is 14.4. The fourth-order valence-electron chi connectivity index (χ4n) is 4.54. The first-order valence-corrected chi connectivity index (χ1v) is 12.8. The first kappa shape index (κ1) is 26.2. The molecule has 3 aromatic carbocycles. The van der Waals surface area contributed by atoms with E-state index in [-0.39, 0.29) is 30.7 Å². The summed E-state index contributed by atoms with van der Waals surface area (Å²) in [6, 6.07) is 19.8. The Balaban J connectivity index is 1.43. The Bertz CT molecular complexity index is 1480. The van der Waals surface area contributed by atoms with Gasteiger partial charge in [-0.05, 0) is 49.6 Å². The quantitative estimate of drug-likeness (QED) is 0.332. The summed E-state index contributed by atoms with van der Waals surface area (Å²) < 4.78 is 36.1. The van der Waals surface area contributed by atoms with Crippen molar-refractivity contribution >= 4 is 17.8 Å². The number of carbonyl (C=O) groups excluding carboxylic acids is 2. The molecular formula is C30H28F2N4O3. The van der Waals surface area contributed by atoms with Gasteiger partial charge in [-0.15, -0.1) is 0 Å². The van der Waals surface area contributed by atoms with E-state index in [2.05, 4.69) is 10.3 Å². The average Bonchev–Trinajstić information content (AvgIpc) is 3.60. The van der Waals surface area contributed by atoms with Crippen LogP contribution in [0.5, 0.6) is 0 Å². The molecule has 1 unspecified atom stereocenters. The summed E-state index contributed by atoms with van der Waals surface area (Å²) in [6.45, 7) is 2.04. The number of carbonyl (C=O) groups is 2. The molecule has 7 nitrogen and oxygen atoms in total. The zero-order chi connectivity index (χ0) is 27.4. The van der Waals surface area contributed by atoms with Crippen molar-refractivity contribution in [1.82, 2.24) is 14.5 Å². The number of halogens is 2. The zero-order valence-electron chi connectivity index (χ0n) is 21.4. The highest BCUT2D eigenvalue weighted by molar-refractivity contribution is 5.99. The number of aryl methyl sites for hydroxylation is 1. The molecule has 5 rings (SSSR count). The van der Waals surface area contributed by atoms with Crippen LogP contribution in [0.15, 0.2) is 79.0 Å². The molecule has 0 aliphatic carbocycles. The summed E-state index contributed by atoms with van der Waals surface area (Å²) in [5.74, 6) is -2.02. The largest absolute Gasteiger partial charge is 0.376 e. The van der Waals surface area contributed by atoms with Crippen molar-refractivity contribution in [3.63, 3.8) is 0 Å². The highest BCUT2D eigenvalue weighted by atomic mass is 19.1. The monoisotopic (exact) mass is 530 g/mol. The second-order valence-electron chi connectivity index (χ2n) is 9.47. The summed E-state index contributed by atoms with van der Waals surface area (Å²) >= 11 is 0. The van der Waals surface area contributed by atoms with Gasteiger partial charge in [-0.3, -0.25) is 19.5 Å². The number of anilines is 1. The van der Waals surface area contributed by atoms with Crippen molar-refractivity contribution in [2.75, 3.05) is 25.0 Å². The molecule has 200 valence electrons. The maximum atomic E-state index is 14.4. The van der Waals surface area contributed by atoms with Crippen LogP contribution in [0.4, 0.5) is 14.7 Å². The van der Waals surface area contributed by atoms with E-state index in [1.165, 1.54) is 29.2 Å². The highest BCUT2D eigenvalue weighted by Gasteiger charge is 2.27. The van der Waals surface area contributed by atoms with Crippen LogP contribution in [0.2, 0.25) is 0 Å². The van der Waals surface area contributed by atoms with Crippen molar-refractivity contribution in [3.8, 4) is 16.9 Å². The number of nitrogens with zero attached hydrogens (tertiary/aromatic N) is 3. The Kier molecular flexibility index (Phi) is 7.79. The molecule has 0 radical (unpaired) electrons. The van der Waals surface area contributed by atoms with Crippen LogP contribution in [-0.4, -0.2) is 52.1 Å². The molecule has 0 bridgehead atoms. The topological polar surface area (TPSA) is 76.5 Å². The fraction of sp³-hybridized carbons (Fsp3) is 0.233. The highest BCUT2D eigenvalue weighted by Crippen LogP contribution is 2.25. The molecule has 39 heavy (non-hydrogen) atoms. The Labute approximate surface area is 225 Å². The smallest absolute Gasteiger partial charge is 0.257 e. The normalized spacial score (nSPS) is 14.8. The van der Waals surface area contributed by atoms with Gasteiger partial charge in [-0.2, -0.15) is 0 Å². The van der Waals surface area contributed by atoms with Crippen LogP contribution >= 0.6 is 0 Å². The van der Waals surface area contributed by atoms with E-state index in [1.807, 2.05) is 30.3 Å². The molecule has 1 N–H and O–H groups in total. The van der Waals surface area contributed by atoms with Crippen molar-refractivity contribution < 1.29 is 23.1 Å². The summed E-state index contributed by atoms with van der Waals surface area (Å²) in [4.78, 5) is 32.5. The second kappa shape index (κ2) is 11.6. The molecule has 0 spiro atoms. The first-order chi connectivity index (χ1) is 18.9. The van der Waals surface area contributed by atoms with Gasteiger partial charge in [0.2, 0.25) is 11.9 Å². The van der Waals surface area contributed by atoms with Crippen molar-refractivity contribution in [1.29, 1.82) is 0 Å². The molecule has 1 fully saturated rings. The van der Waals surface area contributed by atoms with Crippen LogP contribution in [-0.2, 0) is 9.53 Å². The Morgan fingerprint density at radius 2 is 1.82 bits per heavy atom. The predicted octanol–water partition coefficient (Wildman–Crippen LogP) is 5.39. The minimum atomic E-state index is -0.662. The van der Waals surface area contributed by atoms with Crippen molar-refractivity contribution in [2.45, 2.75) is 25.9 Å². The molecule has 1 aliphatic rings. The Morgan fingerprint density at radius 3 is 2.54 bits per heavy atom. The molecule has 9 heteroatoms. The van der Waals surface area contributed by atoms with Crippen LogP contribution in [0, 0.1) is 18.6 Å². The lowest BCUT2D eigenvalue weighted by molar-refractivity contribution is -0.117. The minimum absolute atomic E-state index is 0.119. The maximum Gasteiger partial charge on any atom is 0.257 e. The first-order valence-electron chi connectivity index (χ1n) is 12.8. The number of ether oxygens (including phenoxy) is 1. The van der Waals surface area contributed by atoms with E-state index in [4.69, 9.17) is 4.74 Å². The number of aromatic nitrogens is 2. The third-order valence-corrected chi connectivity index (χ3v) is 6.63. The standard InChI is InChI=1S/C30H28F2N4O3/c1-20-13-14-22(16-26(20)32)36-18-27(21-8-3-2-4-9-21)33-30(36)34-28(37)19-35(17-23-10-7-15-39-23)29(38)24-11-5-6-12-25(24)31/h2-6,8-9,11-14,16,18,23H,7,10,15,17,19H2,1H3,(H,33,34,37). The molecule has 4 aromatic rings. The summed E-state index contributed by atoms with van der Waals surface area (Å²) in [5, 5.41) is 2.77. The second-order valence-corrected chi connectivity index (χ2v) is 9.47. The van der Waals surface area contributed by atoms with E-state index in [1.54, 1.807) is 35.9 Å². The molecule has 1 saturated heterocycles. The lowest BCUT2D eigenvalue weighted by Crippen LogP contribution is -2.42. The van der Waals surface area contributed by atoms with Gasteiger partial charge in [0.15, 0.2) is 0 Å². The van der Waals surface area contributed by atoms with Gasteiger partial charge >= 0.3 is 0 Å². The molecular weight excluding hydrogens is 502 g/mol. The van der Waals surface area contributed by atoms with Gasteiger partial charge in [-0.25, -0.2) is 13.8 Å². The van der Waals surface area contributed by atoms with E-state index in [0.717, 1.165) is 18.4 Å². The summed E-state index contributed by atoms with van der Waals surface area (Å²) in [5.41, 5.74) is 2.23. The van der Waals surface area contributed by atoms with Gasteiger partial charge in [0.05, 0.1) is 23.0 Å². The molecule has 2 amide bonds. The Morgan fingerprint density at radius 1 is 1.05 bits per heavy atom. The number of hydrogen-bond donors (Lipinski definition) is 1. The van der Waals surface area contributed by atoms with Gasteiger partial charge in [-0.1, -0.05) is 48.5 Å². The van der Waals surface area contributed by atoms with Crippen LogP contribution in [0.25, 0.3) is 16.9 Å². The minimum Gasteiger partial charge on any atom is -0.376 e. The number of rotatable bonds is 8. The van der Waals surface area contributed by atoms with Gasteiger partial charge in [0.25, 0.3) is 5.91 Å². The van der Waals surface area contributed by atoms with Crippen LogP contribution in [0.3, 0.4) is 0 Å².